The lowest BCUT2D eigenvalue weighted by Crippen LogP contribution is -2.45. The lowest BCUT2D eigenvalue weighted by atomic mass is 10.1. The molecule has 0 bridgehead atoms. The average molecular weight is 275 g/mol. The minimum Gasteiger partial charge on any atom is -0.328 e. The van der Waals surface area contributed by atoms with Gasteiger partial charge in [0.05, 0.1) is 5.75 Å². The van der Waals surface area contributed by atoms with Crippen LogP contribution >= 0.6 is 0 Å². The van der Waals surface area contributed by atoms with Gasteiger partial charge in [-0.1, -0.05) is 12.8 Å². The zero-order valence-corrected chi connectivity index (χ0v) is 11.8. The molecule has 2 fully saturated rings. The van der Waals surface area contributed by atoms with Crippen LogP contribution in [0.3, 0.4) is 0 Å². The smallest absolute Gasteiger partial charge is 0.215 e. The predicted octanol–water partition coefficient (Wildman–Crippen LogP) is 0.272. The number of nitrogens with one attached hydrogen (secondary N) is 1. The molecule has 1 heterocycles. The van der Waals surface area contributed by atoms with Crippen LogP contribution in [0.2, 0.25) is 0 Å². The van der Waals surface area contributed by atoms with Gasteiger partial charge in [-0.25, -0.2) is 12.7 Å². The van der Waals surface area contributed by atoms with Gasteiger partial charge < -0.3 is 11.1 Å². The molecular weight excluding hydrogens is 250 g/mol. The molecule has 0 aromatic carbocycles. The van der Waals surface area contributed by atoms with E-state index in [2.05, 4.69) is 5.32 Å². The number of nitrogens with zero attached hydrogens (tertiary/aromatic N) is 1. The molecule has 0 atom stereocenters. The summed E-state index contributed by atoms with van der Waals surface area (Å²) in [5, 5.41) is 3.36. The third-order valence-corrected chi connectivity index (χ3v) is 5.91. The lowest BCUT2D eigenvalue weighted by molar-refractivity contribution is 0.319. The molecule has 2 aliphatic rings. The maximum Gasteiger partial charge on any atom is 0.215 e. The highest BCUT2D eigenvalue weighted by atomic mass is 32.2. The fourth-order valence-corrected chi connectivity index (χ4v) is 4.21. The van der Waals surface area contributed by atoms with Gasteiger partial charge in [0.1, 0.15) is 0 Å². The molecule has 1 saturated carbocycles. The summed E-state index contributed by atoms with van der Waals surface area (Å²) in [4.78, 5) is 0. The van der Waals surface area contributed by atoms with Gasteiger partial charge in [-0.2, -0.15) is 0 Å². The van der Waals surface area contributed by atoms with Crippen molar-refractivity contribution in [3.63, 3.8) is 0 Å². The van der Waals surface area contributed by atoms with Gasteiger partial charge in [0, 0.05) is 31.7 Å². The quantitative estimate of drug-likeness (QED) is 0.755. The molecule has 18 heavy (non-hydrogen) atoms. The number of hydrogen-bond acceptors (Lipinski definition) is 4. The highest BCUT2D eigenvalue weighted by molar-refractivity contribution is 7.89. The molecule has 6 heteroatoms. The van der Waals surface area contributed by atoms with E-state index < -0.39 is 10.0 Å². The molecule has 2 rings (SSSR count). The van der Waals surface area contributed by atoms with E-state index >= 15 is 0 Å². The van der Waals surface area contributed by atoms with Crippen molar-refractivity contribution in [3.8, 4) is 0 Å². The van der Waals surface area contributed by atoms with E-state index in [1.54, 1.807) is 4.31 Å². The molecule has 0 unspecified atom stereocenters. The minimum absolute atomic E-state index is 0.174. The third-order valence-electron chi connectivity index (χ3n) is 4.04. The Bertz CT molecular complexity index is 344. The van der Waals surface area contributed by atoms with Crippen LogP contribution in [0.4, 0.5) is 0 Å². The highest BCUT2D eigenvalue weighted by Crippen LogP contribution is 2.17. The Morgan fingerprint density at radius 3 is 2.33 bits per heavy atom. The third kappa shape index (κ3) is 3.91. The molecule has 3 N–H and O–H groups in total. The van der Waals surface area contributed by atoms with Gasteiger partial charge in [-0.3, -0.25) is 0 Å². The molecule has 1 saturated heterocycles. The Hall–Kier alpha value is -0.170. The summed E-state index contributed by atoms with van der Waals surface area (Å²) >= 11 is 0. The first kappa shape index (κ1) is 14.2. The second-order valence-electron chi connectivity index (χ2n) is 5.49. The molecule has 1 aliphatic heterocycles. The summed E-state index contributed by atoms with van der Waals surface area (Å²) in [6.07, 6.45) is 6.50. The number of hydrogen-bond donors (Lipinski definition) is 2. The topological polar surface area (TPSA) is 75.4 Å². The van der Waals surface area contributed by atoms with Gasteiger partial charge in [-0.05, 0) is 25.7 Å². The van der Waals surface area contributed by atoms with E-state index in [4.69, 9.17) is 5.73 Å². The molecule has 0 radical (unpaired) electrons. The zero-order chi connectivity index (χ0) is 13.0. The Balaban J connectivity index is 1.72. The molecule has 106 valence electrons. The number of sulfonamides is 1. The first-order chi connectivity index (χ1) is 8.58. The maximum atomic E-state index is 12.1. The molecule has 0 spiro atoms. The standard InChI is InChI=1S/C12H25N3O2S/c13-11-5-8-15(9-6-11)18(16,17)10-7-14-12-3-1-2-4-12/h11-12,14H,1-10,13H2. The molecular formula is C12H25N3O2S. The minimum atomic E-state index is -3.08. The van der Waals surface area contributed by atoms with E-state index in [0.717, 1.165) is 12.8 Å². The van der Waals surface area contributed by atoms with Crippen molar-refractivity contribution >= 4 is 10.0 Å². The van der Waals surface area contributed by atoms with Crippen molar-refractivity contribution in [1.82, 2.24) is 9.62 Å². The van der Waals surface area contributed by atoms with Gasteiger partial charge >= 0.3 is 0 Å². The number of piperidine rings is 1. The van der Waals surface area contributed by atoms with E-state index in [1.807, 2.05) is 0 Å². The highest BCUT2D eigenvalue weighted by Gasteiger charge is 2.26. The molecule has 0 aromatic rings. The van der Waals surface area contributed by atoms with Crippen LogP contribution in [-0.4, -0.2) is 50.2 Å². The van der Waals surface area contributed by atoms with Gasteiger partial charge in [-0.15, -0.1) is 0 Å². The van der Waals surface area contributed by atoms with E-state index in [9.17, 15) is 8.42 Å². The molecule has 1 aliphatic carbocycles. The fourth-order valence-electron chi connectivity index (χ4n) is 2.81. The van der Waals surface area contributed by atoms with Gasteiger partial charge in [0.2, 0.25) is 10.0 Å². The lowest BCUT2D eigenvalue weighted by Gasteiger charge is -2.29. The van der Waals surface area contributed by atoms with Crippen LogP contribution in [-0.2, 0) is 10.0 Å². The van der Waals surface area contributed by atoms with Crippen molar-refractivity contribution in [3.05, 3.63) is 0 Å². The van der Waals surface area contributed by atoms with Gasteiger partial charge in [0.25, 0.3) is 0 Å². The van der Waals surface area contributed by atoms with E-state index in [0.29, 0.717) is 25.7 Å². The van der Waals surface area contributed by atoms with Crippen LogP contribution in [0, 0.1) is 0 Å². The first-order valence-corrected chi connectivity index (χ1v) is 8.65. The van der Waals surface area contributed by atoms with Crippen LogP contribution in [0.25, 0.3) is 0 Å². The summed E-state index contributed by atoms with van der Waals surface area (Å²) in [7, 11) is -3.08. The zero-order valence-electron chi connectivity index (χ0n) is 11.0. The van der Waals surface area contributed by atoms with E-state index in [-0.39, 0.29) is 11.8 Å². The Morgan fingerprint density at radius 2 is 1.72 bits per heavy atom. The Morgan fingerprint density at radius 1 is 1.11 bits per heavy atom. The predicted molar refractivity (Wildman–Crippen MR) is 72.8 cm³/mol. The average Bonchev–Trinajstić information content (AvgIpc) is 2.82. The largest absolute Gasteiger partial charge is 0.328 e. The monoisotopic (exact) mass is 275 g/mol. The Kier molecular flexibility index (Phi) is 5.00. The SMILES string of the molecule is NC1CCN(S(=O)(=O)CCNC2CCCC2)CC1. The second-order valence-corrected chi connectivity index (χ2v) is 7.58. The summed E-state index contributed by atoms with van der Waals surface area (Å²) in [6.45, 7) is 1.76. The second kappa shape index (κ2) is 6.32. The maximum absolute atomic E-state index is 12.1. The summed E-state index contributed by atoms with van der Waals surface area (Å²) in [5.41, 5.74) is 5.79. The van der Waals surface area contributed by atoms with Crippen LogP contribution < -0.4 is 11.1 Å². The van der Waals surface area contributed by atoms with Crippen LogP contribution in [0.15, 0.2) is 0 Å². The van der Waals surface area contributed by atoms with E-state index in [1.165, 1.54) is 25.7 Å². The van der Waals surface area contributed by atoms with Crippen molar-refractivity contribution in [2.75, 3.05) is 25.4 Å². The summed E-state index contributed by atoms with van der Waals surface area (Å²) in [5.74, 6) is 0.221. The first-order valence-electron chi connectivity index (χ1n) is 7.05. The summed E-state index contributed by atoms with van der Waals surface area (Å²) in [6, 6.07) is 0.711. The normalized spacial score (nSPS) is 24.7. The fraction of sp³-hybridized carbons (Fsp3) is 1.00. The Labute approximate surface area is 110 Å². The molecule has 5 nitrogen and oxygen atoms in total. The van der Waals surface area contributed by atoms with Crippen LogP contribution in [0.1, 0.15) is 38.5 Å². The van der Waals surface area contributed by atoms with Crippen molar-refractivity contribution in [1.29, 1.82) is 0 Å². The molecule has 0 amide bonds. The number of nitrogens with two attached hydrogens (primary N) is 1. The molecule has 0 aromatic heterocycles. The van der Waals surface area contributed by atoms with Crippen molar-refractivity contribution in [2.45, 2.75) is 50.6 Å². The summed E-state index contributed by atoms with van der Waals surface area (Å²) < 4.78 is 25.8. The van der Waals surface area contributed by atoms with Crippen molar-refractivity contribution in [2.24, 2.45) is 5.73 Å². The number of rotatable bonds is 5. The van der Waals surface area contributed by atoms with Gasteiger partial charge in [0.15, 0.2) is 0 Å². The van der Waals surface area contributed by atoms with Crippen LogP contribution in [0.5, 0.6) is 0 Å². The van der Waals surface area contributed by atoms with Crippen molar-refractivity contribution < 1.29 is 8.42 Å².